The number of halogens is 1. The van der Waals surface area contributed by atoms with Crippen LogP contribution in [0, 0.1) is 0 Å². The van der Waals surface area contributed by atoms with Crippen molar-refractivity contribution in [3.05, 3.63) is 76.9 Å². The number of aromatic nitrogens is 2. The molecule has 0 saturated carbocycles. The van der Waals surface area contributed by atoms with Crippen molar-refractivity contribution in [2.24, 2.45) is 0 Å². The normalized spacial score (nSPS) is 10.8. The molecule has 6 nitrogen and oxygen atoms in total. The molecule has 1 heterocycles. The van der Waals surface area contributed by atoms with E-state index in [4.69, 9.17) is 16.3 Å². The summed E-state index contributed by atoms with van der Waals surface area (Å²) >= 11 is 5.98. The number of rotatable bonds is 7. The Morgan fingerprint density at radius 3 is 2.45 bits per heavy atom. The van der Waals surface area contributed by atoms with Crippen molar-refractivity contribution in [2.75, 3.05) is 6.54 Å². The number of hydrogen-bond acceptors (Lipinski definition) is 4. The second-order valence-corrected chi connectivity index (χ2v) is 7.24. The summed E-state index contributed by atoms with van der Waals surface area (Å²) in [6, 6.07) is 16.9. The molecule has 1 amide bonds. The van der Waals surface area contributed by atoms with E-state index in [1.165, 1.54) is 0 Å². The monoisotopic (exact) mass is 411 g/mol. The highest BCUT2D eigenvalue weighted by Gasteiger charge is 2.19. The molecule has 0 aliphatic heterocycles. The van der Waals surface area contributed by atoms with Gasteiger partial charge in [0.25, 0.3) is 5.91 Å². The molecule has 0 radical (unpaired) electrons. The molecule has 0 unspecified atom stereocenters. The highest BCUT2D eigenvalue weighted by Crippen LogP contribution is 2.24. The standard InChI is InChI=1S/C22H22ClN3O3/c1-15(2)29-20(27)12-24-22(28)19-14-26(13-16-6-4-3-5-7-16)25-21(19)17-8-10-18(23)11-9-17/h3-11,14-15H,12-13H2,1-2H3,(H,24,28). The van der Waals surface area contributed by atoms with Gasteiger partial charge in [-0.25, -0.2) is 0 Å². The number of nitrogens with zero attached hydrogens (tertiary/aromatic N) is 2. The Labute approximate surface area is 174 Å². The van der Waals surface area contributed by atoms with Gasteiger partial charge in [0.15, 0.2) is 0 Å². The Hall–Kier alpha value is -3.12. The van der Waals surface area contributed by atoms with Crippen LogP contribution >= 0.6 is 11.6 Å². The van der Waals surface area contributed by atoms with Crippen molar-refractivity contribution in [3.8, 4) is 11.3 Å². The number of amides is 1. The van der Waals surface area contributed by atoms with Gasteiger partial charge in [0.1, 0.15) is 12.2 Å². The highest BCUT2D eigenvalue weighted by molar-refractivity contribution is 6.30. The Morgan fingerprint density at radius 2 is 1.79 bits per heavy atom. The van der Waals surface area contributed by atoms with Crippen LogP contribution in [0.25, 0.3) is 11.3 Å². The number of carbonyl (C=O) groups excluding carboxylic acids is 2. The van der Waals surface area contributed by atoms with Crippen molar-refractivity contribution >= 4 is 23.5 Å². The van der Waals surface area contributed by atoms with Crippen LogP contribution in [0.2, 0.25) is 5.02 Å². The van der Waals surface area contributed by atoms with E-state index >= 15 is 0 Å². The first kappa shape index (κ1) is 20.6. The maximum absolute atomic E-state index is 12.8. The lowest BCUT2D eigenvalue weighted by atomic mass is 10.1. The van der Waals surface area contributed by atoms with Crippen molar-refractivity contribution in [1.82, 2.24) is 15.1 Å². The second kappa shape index (κ2) is 9.39. The van der Waals surface area contributed by atoms with Gasteiger partial charge in [-0.05, 0) is 31.5 Å². The molecule has 2 aromatic carbocycles. The van der Waals surface area contributed by atoms with Crippen LogP contribution in [0.3, 0.4) is 0 Å². The summed E-state index contributed by atoms with van der Waals surface area (Å²) in [6.07, 6.45) is 1.44. The number of esters is 1. The van der Waals surface area contributed by atoms with E-state index < -0.39 is 11.9 Å². The van der Waals surface area contributed by atoms with E-state index in [9.17, 15) is 9.59 Å². The van der Waals surface area contributed by atoms with Crippen molar-refractivity contribution in [1.29, 1.82) is 0 Å². The quantitative estimate of drug-likeness (QED) is 0.598. The maximum Gasteiger partial charge on any atom is 0.325 e. The number of nitrogens with one attached hydrogen (secondary N) is 1. The molecule has 0 aliphatic rings. The van der Waals surface area contributed by atoms with E-state index in [1.54, 1.807) is 49.0 Å². The van der Waals surface area contributed by atoms with Gasteiger partial charge in [0, 0.05) is 16.8 Å². The number of carbonyl (C=O) groups is 2. The van der Waals surface area contributed by atoms with Gasteiger partial charge in [-0.1, -0.05) is 54.1 Å². The van der Waals surface area contributed by atoms with Crippen LogP contribution in [0.1, 0.15) is 29.8 Å². The van der Waals surface area contributed by atoms with E-state index in [0.717, 1.165) is 11.1 Å². The summed E-state index contributed by atoms with van der Waals surface area (Å²) in [6.45, 7) is 3.82. The molecule has 0 atom stereocenters. The summed E-state index contributed by atoms with van der Waals surface area (Å²) in [4.78, 5) is 24.5. The van der Waals surface area contributed by atoms with Gasteiger partial charge in [-0.15, -0.1) is 0 Å². The van der Waals surface area contributed by atoms with Crippen LogP contribution < -0.4 is 5.32 Å². The van der Waals surface area contributed by atoms with E-state index in [0.29, 0.717) is 22.8 Å². The summed E-state index contributed by atoms with van der Waals surface area (Å²) in [5.74, 6) is -0.881. The topological polar surface area (TPSA) is 73.2 Å². The minimum absolute atomic E-state index is 0.207. The second-order valence-electron chi connectivity index (χ2n) is 6.80. The molecule has 3 aromatic rings. The maximum atomic E-state index is 12.8. The molecule has 150 valence electrons. The predicted molar refractivity (Wildman–Crippen MR) is 112 cm³/mol. The van der Waals surface area contributed by atoms with Crippen molar-refractivity contribution in [2.45, 2.75) is 26.5 Å². The van der Waals surface area contributed by atoms with Gasteiger partial charge in [0.2, 0.25) is 0 Å². The average molecular weight is 412 g/mol. The minimum atomic E-state index is -0.488. The lowest BCUT2D eigenvalue weighted by Gasteiger charge is -2.09. The van der Waals surface area contributed by atoms with E-state index in [-0.39, 0.29) is 12.6 Å². The van der Waals surface area contributed by atoms with Crippen LogP contribution in [0.5, 0.6) is 0 Å². The SMILES string of the molecule is CC(C)OC(=O)CNC(=O)c1cn(Cc2ccccc2)nc1-c1ccc(Cl)cc1. The summed E-state index contributed by atoms with van der Waals surface area (Å²) in [7, 11) is 0. The Morgan fingerprint density at radius 1 is 1.10 bits per heavy atom. The van der Waals surface area contributed by atoms with Crippen LogP contribution in [0.15, 0.2) is 60.8 Å². The van der Waals surface area contributed by atoms with E-state index in [1.807, 2.05) is 30.3 Å². The predicted octanol–water partition coefficient (Wildman–Crippen LogP) is 3.93. The summed E-state index contributed by atoms with van der Waals surface area (Å²) in [5, 5.41) is 7.81. The van der Waals surface area contributed by atoms with Crippen molar-refractivity contribution < 1.29 is 14.3 Å². The molecule has 1 N–H and O–H groups in total. The van der Waals surface area contributed by atoms with Gasteiger partial charge in [-0.2, -0.15) is 5.10 Å². The fourth-order valence-electron chi connectivity index (χ4n) is 2.81. The Kier molecular flexibility index (Phi) is 6.67. The zero-order valence-electron chi connectivity index (χ0n) is 16.3. The third-order valence-electron chi connectivity index (χ3n) is 4.07. The molecule has 0 spiro atoms. The lowest BCUT2D eigenvalue weighted by molar-refractivity contribution is -0.146. The molecular weight excluding hydrogens is 390 g/mol. The number of benzene rings is 2. The van der Waals surface area contributed by atoms with Crippen molar-refractivity contribution in [3.63, 3.8) is 0 Å². The summed E-state index contributed by atoms with van der Waals surface area (Å²) in [5.41, 5.74) is 2.72. The molecule has 7 heteroatoms. The molecule has 1 aromatic heterocycles. The Balaban J connectivity index is 1.85. The van der Waals surface area contributed by atoms with Crippen LogP contribution in [0.4, 0.5) is 0 Å². The molecular formula is C22H22ClN3O3. The summed E-state index contributed by atoms with van der Waals surface area (Å²) < 4.78 is 6.77. The molecule has 0 aliphatic carbocycles. The highest BCUT2D eigenvalue weighted by atomic mass is 35.5. The fourth-order valence-corrected chi connectivity index (χ4v) is 2.94. The first-order chi connectivity index (χ1) is 13.9. The number of ether oxygens (including phenoxy) is 1. The fraction of sp³-hybridized carbons (Fsp3) is 0.227. The molecule has 3 rings (SSSR count). The minimum Gasteiger partial charge on any atom is -0.462 e. The third kappa shape index (κ3) is 5.68. The zero-order valence-corrected chi connectivity index (χ0v) is 17.0. The molecule has 0 fully saturated rings. The van der Waals surface area contributed by atoms with Gasteiger partial charge in [0.05, 0.1) is 18.2 Å². The van der Waals surface area contributed by atoms with Gasteiger partial charge >= 0.3 is 5.97 Å². The largest absolute Gasteiger partial charge is 0.462 e. The zero-order chi connectivity index (χ0) is 20.8. The third-order valence-corrected chi connectivity index (χ3v) is 4.32. The van der Waals surface area contributed by atoms with E-state index in [2.05, 4.69) is 10.4 Å². The number of hydrogen-bond donors (Lipinski definition) is 1. The molecule has 0 bridgehead atoms. The molecule has 29 heavy (non-hydrogen) atoms. The Bertz CT molecular complexity index is 982. The first-order valence-corrected chi connectivity index (χ1v) is 9.65. The lowest BCUT2D eigenvalue weighted by Crippen LogP contribution is -2.31. The first-order valence-electron chi connectivity index (χ1n) is 9.27. The average Bonchev–Trinajstić information content (AvgIpc) is 3.11. The molecule has 0 saturated heterocycles. The van der Waals surface area contributed by atoms with Gasteiger partial charge in [-0.3, -0.25) is 14.3 Å². The van der Waals surface area contributed by atoms with Crippen LogP contribution in [-0.4, -0.2) is 34.3 Å². The van der Waals surface area contributed by atoms with Crippen LogP contribution in [-0.2, 0) is 16.1 Å². The smallest absolute Gasteiger partial charge is 0.325 e. The van der Waals surface area contributed by atoms with Gasteiger partial charge < -0.3 is 10.1 Å².